The number of guanidine groups is 1. The maximum absolute atomic E-state index is 6.10. The number of hydrogen-bond acceptors (Lipinski definition) is 4. The van der Waals surface area contributed by atoms with Gasteiger partial charge in [0.15, 0.2) is 17.5 Å². The lowest BCUT2D eigenvalue weighted by molar-refractivity contribution is 0.0912. The van der Waals surface area contributed by atoms with Crippen molar-refractivity contribution in [2.75, 3.05) is 31.6 Å². The highest BCUT2D eigenvalue weighted by atomic mass is 127. The van der Waals surface area contributed by atoms with Crippen LogP contribution in [-0.2, 0) is 0 Å². The molecule has 0 radical (unpaired) electrons. The average Bonchev–Trinajstić information content (AvgIpc) is 2.83. The number of fused-ring (bicyclic) bond motifs is 1. The van der Waals surface area contributed by atoms with Gasteiger partial charge in [-0.3, -0.25) is 0 Å². The van der Waals surface area contributed by atoms with E-state index in [1.807, 2.05) is 18.2 Å². The molecule has 3 aliphatic rings. The number of halogens is 1. The van der Waals surface area contributed by atoms with Gasteiger partial charge in [0.1, 0.15) is 0 Å². The largest absolute Gasteiger partial charge is 0.490 e. The molecule has 144 valence electrons. The van der Waals surface area contributed by atoms with Gasteiger partial charge in [-0.2, -0.15) is 0 Å². The minimum atomic E-state index is 0. The Bertz CT molecular complexity index is 628. The first-order chi connectivity index (χ1) is 12.3. The second-order valence-corrected chi connectivity index (χ2v) is 7.23. The van der Waals surface area contributed by atoms with Crippen molar-refractivity contribution in [1.82, 2.24) is 4.90 Å². The van der Waals surface area contributed by atoms with Crippen LogP contribution in [0.4, 0.5) is 5.69 Å². The first kappa shape index (κ1) is 19.5. The molecular formula is C19H29IN4O2. The molecule has 2 fully saturated rings. The zero-order chi connectivity index (χ0) is 17.1. The van der Waals surface area contributed by atoms with E-state index in [1.165, 1.54) is 32.4 Å². The summed E-state index contributed by atoms with van der Waals surface area (Å²) in [6, 6.07) is 6.86. The van der Waals surface area contributed by atoms with Crippen molar-refractivity contribution < 1.29 is 9.47 Å². The molecule has 2 aliphatic heterocycles. The summed E-state index contributed by atoms with van der Waals surface area (Å²) in [6.07, 6.45) is 7.24. The van der Waals surface area contributed by atoms with Gasteiger partial charge in [0.05, 0.1) is 19.3 Å². The minimum Gasteiger partial charge on any atom is -0.490 e. The van der Waals surface area contributed by atoms with Crippen LogP contribution in [0.1, 0.15) is 38.5 Å². The van der Waals surface area contributed by atoms with Crippen molar-refractivity contribution in [2.24, 2.45) is 10.7 Å². The standard InChI is InChI=1S/C19H28N4O2.HI/c20-19(22-15-11-16(12-15)23-7-2-1-3-8-23)21-14-5-6-17-18(13-14)25-10-4-9-24-17;/h5-6,13,15-16H,1-4,7-12H2,(H3,20,21,22);1H. The Morgan fingerprint density at radius 3 is 2.54 bits per heavy atom. The zero-order valence-corrected chi connectivity index (χ0v) is 17.5. The van der Waals surface area contributed by atoms with E-state index in [2.05, 4.69) is 15.2 Å². The molecule has 0 aromatic heterocycles. The highest BCUT2D eigenvalue weighted by Gasteiger charge is 2.34. The fourth-order valence-corrected chi connectivity index (χ4v) is 3.86. The molecule has 0 bridgehead atoms. The summed E-state index contributed by atoms with van der Waals surface area (Å²) in [7, 11) is 0. The topological polar surface area (TPSA) is 72.1 Å². The predicted octanol–water partition coefficient (Wildman–Crippen LogP) is 3.21. The van der Waals surface area contributed by atoms with E-state index in [4.69, 9.17) is 15.2 Å². The number of nitrogens with zero attached hydrogens (tertiary/aromatic N) is 2. The van der Waals surface area contributed by atoms with E-state index in [0.29, 0.717) is 31.3 Å². The molecule has 1 aromatic carbocycles. The number of aliphatic imine (C=N–C) groups is 1. The van der Waals surface area contributed by atoms with Crippen LogP contribution in [0, 0.1) is 0 Å². The number of hydrogen-bond donors (Lipinski definition) is 2. The van der Waals surface area contributed by atoms with E-state index in [9.17, 15) is 0 Å². The Labute approximate surface area is 172 Å². The molecule has 1 aromatic rings. The lowest BCUT2D eigenvalue weighted by atomic mass is 9.85. The van der Waals surface area contributed by atoms with Crippen LogP contribution in [0.3, 0.4) is 0 Å². The third-order valence-corrected chi connectivity index (χ3v) is 5.34. The summed E-state index contributed by atoms with van der Waals surface area (Å²) in [5.41, 5.74) is 6.99. The molecule has 1 aliphatic carbocycles. The lowest BCUT2D eigenvalue weighted by Crippen LogP contribution is -2.49. The molecule has 26 heavy (non-hydrogen) atoms. The van der Waals surface area contributed by atoms with Crippen LogP contribution in [0.25, 0.3) is 0 Å². The maximum Gasteiger partial charge on any atom is 0.193 e. The first-order valence-corrected chi connectivity index (χ1v) is 9.52. The predicted molar refractivity (Wildman–Crippen MR) is 115 cm³/mol. The van der Waals surface area contributed by atoms with E-state index in [1.54, 1.807) is 0 Å². The van der Waals surface area contributed by atoms with Gasteiger partial charge in [0.2, 0.25) is 0 Å². The van der Waals surface area contributed by atoms with Crippen LogP contribution in [0.5, 0.6) is 11.5 Å². The Kier molecular flexibility index (Phi) is 6.86. The average molecular weight is 472 g/mol. The van der Waals surface area contributed by atoms with E-state index in [-0.39, 0.29) is 24.0 Å². The summed E-state index contributed by atoms with van der Waals surface area (Å²) in [5, 5.41) is 3.18. The number of nitrogens with two attached hydrogens (primary N) is 1. The second kappa shape index (κ2) is 9.12. The zero-order valence-electron chi connectivity index (χ0n) is 15.2. The fourth-order valence-electron chi connectivity index (χ4n) is 3.86. The summed E-state index contributed by atoms with van der Waals surface area (Å²) < 4.78 is 11.4. The van der Waals surface area contributed by atoms with Crippen LogP contribution in [-0.4, -0.2) is 49.2 Å². The van der Waals surface area contributed by atoms with E-state index in [0.717, 1.165) is 36.4 Å². The molecule has 4 rings (SSSR count). The molecule has 0 amide bonds. The van der Waals surface area contributed by atoms with Crippen molar-refractivity contribution in [3.8, 4) is 11.5 Å². The number of rotatable bonds is 3. The highest BCUT2D eigenvalue weighted by molar-refractivity contribution is 14.0. The van der Waals surface area contributed by atoms with Crippen molar-refractivity contribution >= 4 is 35.6 Å². The van der Waals surface area contributed by atoms with Gasteiger partial charge >= 0.3 is 0 Å². The number of ether oxygens (including phenoxy) is 2. The van der Waals surface area contributed by atoms with Crippen molar-refractivity contribution in [2.45, 2.75) is 50.6 Å². The second-order valence-electron chi connectivity index (χ2n) is 7.23. The SMILES string of the molecule is I.NC(=NC1CC(N2CCCCC2)C1)Nc1ccc2c(c1)OCCCO2. The van der Waals surface area contributed by atoms with Crippen molar-refractivity contribution in [3.05, 3.63) is 18.2 Å². The molecule has 0 atom stereocenters. The number of nitrogens with one attached hydrogen (secondary N) is 1. The highest BCUT2D eigenvalue weighted by Crippen LogP contribution is 2.33. The van der Waals surface area contributed by atoms with Gasteiger partial charge in [-0.15, -0.1) is 24.0 Å². The maximum atomic E-state index is 6.10. The Morgan fingerprint density at radius 1 is 1.04 bits per heavy atom. The molecule has 1 saturated heterocycles. The Morgan fingerprint density at radius 2 is 1.77 bits per heavy atom. The monoisotopic (exact) mass is 472 g/mol. The quantitative estimate of drug-likeness (QED) is 0.402. The normalized spacial score (nSPS) is 26.2. The van der Waals surface area contributed by atoms with Crippen LogP contribution >= 0.6 is 24.0 Å². The number of benzene rings is 1. The van der Waals surface area contributed by atoms with Crippen molar-refractivity contribution in [1.29, 1.82) is 0 Å². The third-order valence-electron chi connectivity index (χ3n) is 5.34. The molecular weight excluding hydrogens is 443 g/mol. The molecule has 7 heteroatoms. The molecule has 3 N–H and O–H groups in total. The van der Waals surface area contributed by atoms with Gasteiger partial charge in [-0.05, 0) is 50.9 Å². The van der Waals surface area contributed by atoms with Gasteiger partial charge < -0.3 is 25.4 Å². The van der Waals surface area contributed by atoms with Gasteiger partial charge in [-0.1, -0.05) is 6.42 Å². The molecule has 2 heterocycles. The Hall–Kier alpha value is -1.22. The van der Waals surface area contributed by atoms with E-state index >= 15 is 0 Å². The fraction of sp³-hybridized carbons (Fsp3) is 0.632. The summed E-state index contributed by atoms with van der Waals surface area (Å²) >= 11 is 0. The van der Waals surface area contributed by atoms with Crippen LogP contribution in [0.15, 0.2) is 23.2 Å². The van der Waals surface area contributed by atoms with Crippen LogP contribution in [0.2, 0.25) is 0 Å². The summed E-state index contributed by atoms with van der Waals surface area (Å²) in [6.45, 7) is 3.89. The Balaban J connectivity index is 0.00000196. The lowest BCUT2D eigenvalue weighted by Gasteiger charge is -2.43. The number of piperidine rings is 1. The van der Waals surface area contributed by atoms with Crippen molar-refractivity contribution in [3.63, 3.8) is 0 Å². The molecule has 0 spiro atoms. The minimum absolute atomic E-state index is 0. The van der Waals surface area contributed by atoms with Gasteiger partial charge in [0, 0.05) is 24.2 Å². The smallest absolute Gasteiger partial charge is 0.193 e. The first-order valence-electron chi connectivity index (χ1n) is 9.52. The number of likely N-dealkylation sites (tertiary alicyclic amines) is 1. The summed E-state index contributed by atoms with van der Waals surface area (Å²) in [4.78, 5) is 7.27. The van der Waals surface area contributed by atoms with E-state index < -0.39 is 0 Å². The van der Waals surface area contributed by atoms with Crippen LogP contribution < -0.4 is 20.5 Å². The van der Waals surface area contributed by atoms with Gasteiger partial charge in [0.25, 0.3) is 0 Å². The molecule has 6 nitrogen and oxygen atoms in total. The molecule has 1 saturated carbocycles. The molecule has 0 unspecified atom stereocenters. The number of anilines is 1. The van der Waals surface area contributed by atoms with Gasteiger partial charge in [-0.25, -0.2) is 4.99 Å². The third kappa shape index (κ3) is 4.73. The summed E-state index contributed by atoms with van der Waals surface area (Å²) in [5.74, 6) is 2.04.